The van der Waals surface area contributed by atoms with Crippen molar-refractivity contribution in [3.63, 3.8) is 0 Å². The number of carbonyl (C=O) groups excluding carboxylic acids is 3. The van der Waals surface area contributed by atoms with Crippen molar-refractivity contribution in [2.24, 2.45) is 5.92 Å². The van der Waals surface area contributed by atoms with E-state index in [-0.39, 0.29) is 12.5 Å². The van der Waals surface area contributed by atoms with Gasteiger partial charge in [0.1, 0.15) is 0 Å². The largest absolute Gasteiger partial charge is 0.463 e. The Morgan fingerprint density at radius 1 is 0.941 bits per heavy atom. The van der Waals surface area contributed by atoms with Crippen LogP contribution in [0.1, 0.15) is 27.2 Å². The van der Waals surface area contributed by atoms with Gasteiger partial charge >= 0.3 is 17.9 Å². The molecule has 0 spiro atoms. The third-order valence-electron chi connectivity index (χ3n) is 2.00. The summed E-state index contributed by atoms with van der Waals surface area (Å²) >= 11 is 0. The number of hydrogen-bond donors (Lipinski definition) is 0. The van der Waals surface area contributed by atoms with E-state index in [0.717, 1.165) is 0 Å². The van der Waals surface area contributed by atoms with Gasteiger partial charge in [0, 0.05) is 0 Å². The van der Waals surface area contributed by atoms with Gasteiger partial charge in [0.2, 0.25) is 0 Å². The van der Waals surface area contributed by atoms with Gasteiger partial charge in [0.15, 0.2) is 13.2 Å². The van der Waals surface area contributed by atoms with Crippen molar-refractivity contribution in [2.75, 3.05) is 19.8 Å². The fourth-order valence-electron chi connectivity index (χ4n) is 0.823. The second-order valence-corrected chi connectivity index (χ2v) is 3.38. The maximum absolute atomic E-state index is 11.2. The van der Waals surface area contributed by atoms with E-state index in [2.05, 4.69) is 14.2 Å². The third-order valence-corrected chi connectivity index (χ3v) is 2.00. The highest BCUT2D eigenvalue weighted by Crippen LogP contribution is 2.02. The van der Waals surface area contributed by atoms with Crippen molar-refractivity contribution in [2.45, 2.75) is 27.2 Å². The molecule has 1 unspecified atom stereocenters. The summed E-state index contributed by atoms with van der Waals surface area (Å²) in [6.07, 6.45) is 0.636. The molecule has 0 fully saturated rings. The summed E-state index contributed by atoms with van der Waals surface area (Å²) in [5.41, 5.74) is 0. The van der Waals surface area contributed by atoms with Crippen molar-refractivity contribution in [1.29, 1.82) is 0 Å². The summed E-state index contributed by atoms with van der Waals surface area (Å²) in [5, 5.41) is 0. The molecule has 0 heterocycles. The minimum Gasteiger partial charge on any atom is -0.463 e. The molecule has 0 aromatic heterocycles. The second-order valence-electron chi connectivity index (χ2n) is 3.38. The van der Waals surface area contributed by atoms with Crippen molar-refractivity contribution >= 4 is 17.9 Å². The molecular formula is C11H18O6. The zero-order chi connectivity index (χ0) is 13.3. The lowest BCUT2D eigenvalue weighted by Gasteiger charge is -2.08. The van der Waals surface area contributed by atoms with E-state index in [4.69, 9.17) is 0 Å². The van der Waals surface area contributed by atoms with Gasteiger partial charge in [-0.15, -0.1) is 0 Å². The van der Waals surface area contributed by atoms with Gasteiger partial charge in [-0.1, -0.05) is 13.8 Å². The SMILES string of the molecule is CCOC(=O)COC(=O)COC(=O)C(C)CC. The van der Waals surface area contributed by atoms with Crippen LogP contribution in [0.15, 0.2) is 0 Å². The first-order valence-corrected chi connectivity index (χ1v) is 5.49. The molecule has 0 radical (unpaired) electrons. The monoisotopic (exact) mass is 246 g/mol. The quantitative estimate of drug-likeness (QED) is 0.485. The van der Waals surface area contributed by atoms with Crippen LogP contribution in [0.25, 0.3) is 0 Å². The van der Waals surface area contributed by atoms with Crippen LogP contribution in [-0.4, -0.2) is 37.7 Å². The maximum atomic E-state index is 11.2. The molecule has 0 amide bonds. The molecule has 0 saturated carbocycles. The van der Waals surface area contributed by atoms with E-state index >= 15 is 0 Å². The molecule has 0 aromatic rings. The fourth-order valence-corrected chi connectivity index (χ4v) is 0.823. The van der Waals surface area contributed by atoms with Crippen LogP contribution in [-0.2, 0) is 28.6 Å². The molecule has 0 aliphatic rings. The van der Waals surface area contributed by atoms with Crippen LogP contribution in [0.2, 0.25) is 0 Å². The third kappa shape index (κ3) is 7.32. The molecule has 17 heavy (non-hydrogen) atoms. The van der Waals surface area contributed by atoms with Gasteiger partial charge in [-0.05, 0) is 13.3 Å². The fraction of sp³-hybridized carbons (Fsp3) is 0.727. The Morgan fingerprint density at radius 3 is 2.00 bits per heavy atom. The number of esters is 3. The van der Waals surface area contributed by atoms with E-state index in [1.54, 1.807) is 13.8 Å². The molecule has 98 valence electrons. The van der Waals surface area contributed by atoms with Crippen molar-refractivity contribution in [1.82, 2.24) is 0 Å². The van der Waals surface area contributed by atoms with Gasteiger partial charge in [-0.25, -0.2) is 9.59 Å². The molecule has 0 saturated heterocycles. The minimum absolute atomic E-state index is 0.222. The predicted octanol–water partition coefficient (Wildman–Crippen LogP) is 0.682. The Balaban J connectivity index is 3.73. The highest BCUT2D eigenvalue weighted by Gasteiger charge is 2.15. The summed E-state index contributed by atoms with van der Waals surface area (Å²) in [5.74, 6) is -2.11. The van der Waals surface area contributed by atoms with Gasteiger partial charge in [-0.2, -0.15) is 0 Å². The molecule has 1 atom stereocenters. The summed E-state index contributed by atoms with van der Waals surface area (Å²) in [4.78, 5) is 33.1. The number of ether oxygens (including phenoxy) is 3. The number of carbonyl (C=O) groups is 3. The van der Waals surface area contributed by atoms with Crippen LogP contribution < -0.4 is 0 Å². The summed E-state index contributed by atoms with van der Waals surface area (Å²) < 4.78 is 13.8. The zero-order valence-corrected chi connectivity index (χ0v) is 10.4. The van der Waals surface area contributed by atoms with Gasteiger partial charge in [0.05, 0.1) is 12.5 Å². The van der Waals surface area contributed by atoms with Crippen molar-refractivity contribution < 1.29 is 28.6 Å². The molecule has 0 N–H and O–H groups in total. The van der Waals surface area contributed by atoms with Crippen LogP contribution in [0, 0.1) is 5.92 Å². The van der Waals surface area contributed by atoms with Crippen molar-refractivity contribution in [3.8, 4) is 0 Å². The highest BCUT2D eigenvalue weighted by atomic mass is 16.6. The van der Waals surface area contributed by atoms with E-state index < -0.39 is 31.1 Å². The van der Waals surface area contributed by atoms with Crippen LogP contribution >= 0.6 is 0 Å². The molecule has 6 nitrogen and oxygen atoms in total. The number of hydrogen-bond acceptors (Lipinski definition) is 6. The second kappa shape index (κ2) is 8.55. The summed E-state index contributed by atoms with van der Waals surface area (Å²) in [7, 11) is 0. The van der Waals surface area contributed by atoms with Gasteiger partial charge in [0.25, 0.3) is 0 Å². The molecular weight excluding hydrogens is 228 g/mol. The first-order chi connectivity index (χ1) is 8.01. The van der Waals surface area contributed by atoms with Crippen LogP contribution in [0.4, 0.5) is 0 Å². The summed E-state index contributed by atoms with van der Waals surface area (Å²) in [6, 6.07) is 0. The Hall–Kier alpha value is -1.59. The first-order valence-electron chi connectivity index (χ1n) is 5.49. The predicted molar refractivity (Wildman–Crippen MR) is 58.0 cm³/mol. The highest BCUT2D eigenvalue weighted by molar-refractivity contribution is 5.79. The van der Waals surface area contributed by atoms with Gasteiger partial charge in [-0.3, -0.25) is 4.79 Å². The zero-order valence-electron chi connectivity index (χ0n) is 10.4. The molecule has 0 rings (SSSR count). The lowest BCUT2D eigenvalue weighted by molar-refractivity contribution is -0.165. The van der Waals surface area contributed by atoms with Crippen LogP contribution in [0.3, 0.4) is 0 Å². The minimum atomic E-state index is -0.769. The Labute approximate surface area is 100 Å². The molecule has 0 aliphatic carbocycles. The van der Waals surface area contributed by atoms with E-state index in [1.807, 2.05) is 6.92 Å². The molecule has 0 aromatic carbocycles. The smallest absolute Gasteiger partial charge is 0.344 e. The van der Waals surface area contributed by atoms with Gasteiger partial charge < -0.3 is 14.2 Å². The van der Waals surface area contributed by atoms with E-state index in [9.17, 15) is 14.4 Å². The van der Waals surface area contributed by atoms with Crippen LogP contribution in [0.5, 0.6) is 0 Å². The molecule has 0 aliphatic heterocycles. The molecule has 0 bridgehead atoms. The lowest BCUT2D eigenvalue weighted by atomic mass is 10.1. The first kappa shape index (κ1) is 15.4. The Bertz CT molecular complexity index is 273. The van der Waals surface area contributed by atoms with E-state index in [0.29, 0.717) is 6.42 Å². The maximum Gasteiger partial charge on any atom is 0.344 e. The average molecular weight is 246 g/mol. The standard InChI is InChI=1S/C11H18O6/c1-4-8(3)11(14)17-7-10(13)16-6-9(12)15-5-2/h8H,4-7H2,1-3H3. The average Bonchev–Trinajstić information content (AvgIpc) is 2.32. The topological polar surface area (TPSA) is 78.9 Å². The lowest BCUT2D eigenvalue weighted by Crippen LogP contribution is -2.23. The van der Waals surface area contributed by atoms with Crippen molar-refractivity contribution in [3.05, 3.63) is 0 Å². The normalized spacial score (nSPS) is 11.5. The Morgan fingerprint density at radius 2 is 1.47 bits per heavy atom. The van der Waals surface area contributed by atoms with E-state index in [1.165, 1.54) is 0 Å². The molecule has 6 heteroatoms. The summed E-state index contributed by atoms with van der Waals surface area (Å²) in [6.45, 7) is 4.46. The number of rotatable bonds is 7. The Kier molecular flexibility index (Phi) is 7.75.